The van der Waals surface area contributed by atoms with Crippen LogP contribution in [0.4, 0.5) is 0 Å². The molecule has 100 valence electrons. The van der Waals surface area contributed by atoms with Gasteiger partial charge in [-0.25, -0.2) is 9.59 Å². The van der Waals surface area contributed by atoms with Crippen molar-refractivity contribution in [3.63, 3.8) is 0 Å². The number of rotatable bonds is 5. The zero-order chi connectivity index (χ0) is 13.8. The molecule has 0 saturated heterocycles. The summed E-state index contributed by atoms with van der Waals surface area (Å²) in [5.41, 5.74) is 0.934. The van der Waals surface area contributed by atoms with Crippen molar-refractivity contribution >= 4 is 16.9 Å². The molecule has 19 heavy (non-hydrogen) atoms. The largest absolute Gasteiger partial charge is 0.482 e. The van der Waals surface area contributed by atoms with E-state index >= 15 is 0 Å². The first kappa shape index (κ1) is 13.1. The Hall–Kier alpha value is -2.30. The van der Waals surface area contributed by atoms with Crippen LogP contribution in [0.3, 0.4) is 0 Å². The number of aliphatic carboxylic acids is 1. The number of carbonyl (C=O) groups is 1. The number of benzene rings is 1. The first-order valence-electron chi connectivity index (χ1n) is 6.01. The summed E-state index contributed by atoms with van der Waals surface area (Å²) in [6, 6.07) is 6.48. The third-order valence-corrected chi connectivity index (χ3v) is 2.68. The van der Waals surface area contributed by atoms with Crippen LogP contribution >= 0.6 is 0 Å². The van der Waals surface area contributed by atoms with E-state index in [1.807, 2.05) is 6.92 Å². The zero-order valence-electron chi connectivity index (χ0n) is 10.5. The Bertz CT molecular complexity index is 656. The fraction of sp³-hybridized carbons (Fsp3) is 0.286. The molecule has 0 bridgehead atoms. The summed E-state index contributed by atoms with van der Waals surface area (Å²) in [6.45, 7) is 1.61. The zero-order valence-corrected chi connectivity index (χ0v) is 10.5. The van der Waals surface area contributed by atoms with Crippen molar-refractivity contribution in [1.29, 1.82) is 0 Å². The average molecular weight is 262 g/mol. The molecule has 0 fully saturated rings. The van der Waals surface area contributed by atoms with E-state index < -0.39 is 18.2 Å². The molecule has 0 spiro atoms. The molecule has 1 heterocycles. The molecular formula is C14H14O5. The van der Waals surface area contributed by atoms with Gasteiger partial charge in [-0.1, -0.05) is 13.3 Å². The van der Waals surface area contributed by atoms with Crippen LogP contribution in [-0.2, 0) is 11.2 Å². The first-order valence-corrected chi connectivity index (χ1v) is 6.01. The predicted octanol–water partition coefficient (Wildman–Crippen LogP) is 2.21. The Labute approximate surface area is 109 Å². The molecule has 2 aromatic rings. The molecule has 0 aliphatic rings. The average Bonchev–Trinajstić information content (AvgIpc) is 2.36. The Morgan fingerprint density at radius 2 is 2.16 bits per heavy atom. The van der Waals surface area contributed by atoms with Crippen LogP contribution in [0.25, 0.3) is 11.0 Å². The van der Waals surface area contributed by atoms with Gasteiger partial charge in [0.25, 0.3) is 0 Å². The Balaban J connectivity index is 2.42. The van der Waals surface area contributed by atoms with Gasteiger partial charge in [-0.3, -0.25) is 0 Å². The lowest BCUT2D eigenvalue weighted by molar-refractivity contribution is -0.139. The minimum Gasteiger partial charge on any atom is -0.482 e. The second kappa shape index (κ2) is 5.56. The summed E-state index contributed by atoms with van der Waals surface area (Å²) in [5, 5.41) is 9.40. The molecule has 0 aliphatic carbocycles. The normalized spacial score (nSPS) is 10.6. The highest BCUT2D eigenvalue weighted by molar-refractivity contribution is 5.81. The molecule has 1 aromatic carbocycles. The molecular weight excluding hydrogens is 248 g/mol. The third kappa shape index (κ3) is 3.13. The quantitative estimate of drug-likeness (QED) is 0.836. The van der Waals surface area contributed by atoms with Gasteiger partial charge in [0, 0.05) is 17.5 Å². The second-order valence-corrected chi connectivity index (χ2v) is 4.18. The Morgan fingerprint density at radius 1 is 1.37 bits per heavy atom. The molecule has 0 aliphatic heterocycles. The monoisotopic (exact) mass is 262 g/mol. The van der Waals surface area contributed by atoms with Crippen molar-refractivity contribution in [2.45, 2.75) is 19.8 Å². The van der Waals surface area contributed by atoms with Crippen molar-refractivity contribution in [3.05, 3.63) is 40.2 Å². The van der Waals surface area contributed by atoms with Gasteiger partial charge in [0.1, 0.15) is 11.3 Å². The first-order chi connectivity index (χ1) is 9.10. The number of ether oxygens (including phenoxy) is 1. The van der Waals surface area contributed by atoms with E-state index in [-0.39, 0.29) is 0 Å². The van der Waals surface area contributed by atoms with E-state index in [4.69, 9.17) is 14.3 Å². The van der Waals surface area contributed by atoms with Gasteiger partial charge in [0.15, 0.2) is 6.61 Å². The van der Waals surface area contributed by atoms with Crippen molar-refractivity contribution in [3.8, 4) is 5.75 Å². The standard InChI is InChI=1S/C14H14O5/c1-2-3-9-6-14(17)19-12-7-10(4-5-11(9)12)18-8-13(15)16/h4-7H,2-3,8H2,1H3,(H,15,16). The highest BCUT2D eigenvalue weighted by atomic mass is 16.5. The predicted molar refractivity (Wildman–Crippen MR) is 69.6 cm³/mol. The number of carboxylic acid groups (broad SMARTS) is 1. The molecule has 2 rings (SSSR count). The lowest BCUT2D eigenvalue weighted by Gasteiger charge is -2.07. The molecule has 0 saturated carbocycles. The van der Waals surface area contributed by atoms with E-state index in [0.29, 0.717) is 11.3 Å². The summed E-state index contributed by atoms with van der Waals surface area (Å²) < 4.78 is 10.2. The van der Waals surface area contributed by atoms with Gasteiger partial charge in [0.05, 0.1) is 0 Å². The molecule has 5 heteroatoms. The molecule has 5 nitrogen and oxygen atoms in total. The van der Waals surface area contributed by atoms with Crippen molar-refractivity contribution in [1.82, 2.24) is 0 Å². The minimum atomic E-state index is -1.05. The number of hydrogen-bond acceptors (Lipinski definition) is 4. The van der Waals surface area contributed by atoms with Crippen LogP contribution in [0.15, 0.2) is 33.5 Å². The van der Waals surface area contributed by atoms with E-state index in [1.165, 1.54) is 6.07 Å². The highest BCUT2D eigenvalue weighted by Gasteiger charge is 2.07. The summed E-state index contributed by atoms with van der Waals surface area (Å²) in [4.78, 5) is 21.9. The second-order valence-electron chi connectivity index (χ2n) is 4.18. The van der Waals surface area contributed by atoms with Crippen LogP contribution in [0.1, 0.15) is 18.9 Å². The SMILES string of the molecule is CCCc1cc(=O)oc2cc(OCC(=O)O)ccc12. The van der Waals surface area contributed by atoms with Crippen molar-refractivity contribution in [2.24, 2.45) is 0 Å². The van der Waals surface area contributed by atoms with E-state index in [9.17, 15) is 9.59 Å². The molecule has 0 radical (unpaired) electrons. The topological polar surface area (TPSA) is 76.7 Å². The number of hydrogen-bond donors (Lipinski definition) is 1. The summed E-state index contributed by atoms with van der Waals surface area (Å²) in [5.74, 6) is -0.687. The maximum absolute atomic E-state index is 11.5. The van der Waals surface area contributed by atoms with Gasteiger partial charge in [0.2, 0.25) is 0 Å². The molecule has 1 N–H and O–H groups in total. The van der Waals surface area contributed by atoms with Crippen LogP contribution < -0.4 is 10.4 Å². The van der Waals surface area contributed by atoms with E-state index in [1.54, 1.807) is 18.2 Å². The van der Waals surface area contributed by atoms with Crippen LogP contribution in [0, 0.1) is 0 Å². The number of fused-ring (bicyclic) bond motifs is 1. The molecule has 0 atom stereocenters. The van der Waals surface area contributed by atoms with E-state index in [2.05, 4.69) is 0 Å². The Kier molecular flexibility index (Phi) is 3.85. The van der Waals surface area contributed by atoms with Crippen LogP contribution in [0.5, 0.6) is 5.75 Å². The lowest BCUT2D eigenvalue weighted by Crippen LogP contribution is -2.09. The summed E-state index contributed by atoms with van der Waals surface area (Å²) in [7, 11) is 0. The van der Waals surface area contributed by atoms with E-state index in [0.717, 1.165) is 23.8 Å². The van der Waals surface area contributed by atoms with Crippen molar-refractivity contribution in [2.75, 3.05) is 6.61 Å². The lowest BCUT2D eigenvalue weighted by atomic mass is 10.1. The number of aryl methyl sites for hydroxylation is 1. The van der Waals surface area contributed by atoms with Gasteiger partial charge in [-0.15, -0.1) is 0 Å². The van der Waals surface area contributed by atoms with Crippen LogP contribution in [0.2, 0.25) is 0 Å². The maximum Gasteiger partial charge on any atom is 0.341 e. The number of carboxylic acids is 1. The summed E-state index contributed by atoms with van der Waals surface area (Å²) >= 11 is 0. The fourth-order valence-electron chi connectivity index (χ4n) is 1.92. The molecule has 0 amide bonds. The smallest absolute Gasteiger partial charge is 0.341 e. The summed E-state index contributed by atoms with van der Waals surface area (Å²) in [6.07, 6.45) is 1.72. The molecule has 0 unspecified atom stereocenters. The third-order valence-electron chi connectivity index (χ3n) is 2.68. The fourth-order valence-corrected chi connectivity index (χ4v) is 1.92. The maximum atomic E-state index is 11.5. The van der Waals surface area contributed by atoms with Gasteiger partial charge in [-0.2, -0.15) is 0 Å². The van der Waals surface area contributed by atoms with Gasteiger partial charge < -0.3 is 14.3 Å². The van der Waals surface area contributed by atoms with Crippen LogP contribution in [-0.4, -0.2) is 17.7 Å². The van der Waals surface area contributed by atoms with Crippen molar-refractivity contribution < 1.29 is 19.1 Å². The highest BCUT2D eigenvalue weighted by Crippen LogP contribution is 2.23. The molecule has 1 aromatic heterocycles. The van der Waals surface area contributed by atoms with Gasteiger partial charge in [-0.05, 0) is 24.1 Å². The Morgan fingerprint density at radius 3 is 2.84 bits per heavy atom. The minimum absolute atomic E-state index is 0.367. The van der Waals surface area contributed by atoms with Gasteiger partial charge >= 0.3 is 11.6 Å².